The zero-order valence-corrected chi connectivity index (χ0v) is 49.0. The molecule has 0 aliphatic carbocycles. The van der Waals surface area contributed by atoms with Gasteiger partial charge in [-0.15, -0.1) is 0 Å². The topological polar surface area (TPSA) is 78.9 Å². The Morgan fingerprint density at radius 2 is 0.520 bits per heavy atom. The molecule has 0 saturated heterocycles. The van der Waals surface area contributed by atoms with Crippen LogP contribution in [0.15, 0.2) is 109 Å². The van der Waals surface area contributed by atoms with E-state index in [1.54, 1.807) is 0 Å². The molecule has 6 nitrogen and oxygen atoms in total. The van der Waals surface area contributed by atoms with Crippen molar-refractivity contribution in [1.29, 1.82) is 0 Å². The van der Waals surface area contributed by atoms with Crippen LogP contribution < -0.4 is 0 Å². The van der Waals surface area contributed by atoms with E-state index in [9.17, 15) is 14.4 Å². The van der Waals surface area contributed by atoms with Gasteiger partial charge in [-0.3, -0.25) is 14.4 Å². The fourth-order valence-electron chi connectivity index (χ4n) is 8.60. The van der Waals surface area contributed by atoms with Gasteiger partial charge >= 0.3 is 17.9 Å². The van der Waals surface area contributed by atoms with Gasteiger partial charge in [0, 0.05) is 19.3 Å². The molecule has 0 heterocycles. The normalized spacial score (nSPS) is 12.8. The predicted molar refractivity (Wildman–Crippen MR) is 325 cm³/mol. The molecule has 0 rings (SSSR count). The lowest BCUT2D eigenvalue weighted by Gasteiger charge is -2.18. The number of unbranched alkanes of at least 4 members (excludes halogenated alkanes) is 27. The molecule has 0 spiro atoms. The maximum atomic E-state index is 12.9. The molecule has 0 aliphatic rings. The van der Waals surface area contributed by atoms with E-state index >= 15 is 0 Å². The Bertz CT molecular complexity index is 1520. The first-order chi connectivity index (χ1) is 37.0. The lowest BCUT2D eigenvalue weighted by atomic mass is 10.0. The molecule has 0 N–H and O–H groups in total. The summed E-state index contributed by atoms with van der Waals surface area (Å²) in [5.41, 5.74) is 0. The van der Waals surface area contributed by atoms with Crippen LogP contribution in [0, 0.1) is 0 Å². The van der Waals surface area contributed by atoms with Crippen LogP contribution in [0.25, 0.3) is 0 Å². The molecule has 0 aromatic heterocycles. The summed E-state index contributed by atoms with van der Waals surface area (Å²) in [7, 11) is 0. The second-order valence-corrected chi connectivity index (χ2v) is 20.5. The van der Waals surface area contributed by atoms with Crippen molar-refractivity contribution in [2.24, 2.45) is 0 Å². The van der Waals surface area contributed by atoms with Gasteiger partial charge in [0.25, 0.3) is 0 Å². The molecule has 428 valence electrons. The van der Waals surface area contributed by atoms with Gasteiger partial charge < -0.3 is 14.2 Å². The van der Waals surface area contributed by atoms with Crippen LogP contribution in [0.2, 0.25) is 0 Å². The number of rotatable bonds is 56. The third-order valence-corrected chi connectivity index (χ3v) is 13.2. The van der Waals surface area contributed by atoms with E-state index in [0.29, 0.717) is 19.3 Å². The SMILES string of the molecule is CC/C=C\C/C=C\C/C=C\CCCCCCCCCC(=O)OC(COC(=O)CCCCC/C=C\C/C=C\C/C=C\CC)COC(=O)CCCCCCCCCCCCCC/C=C\C/C=C\C/C=C\CCCCCCC. The van der Waals surface area contributed by atoms with Crippen LogP contribution in [0.3, 0.4) is 0 Å². The summed E-state index contributed by atoms with van der Waals surface area (Å²) < 4.78 is 16.9. The number of allylic oxidation sites excluding steroid dienone is 18. The van der Waals surface area contributed by atoms with E-state index in [1.165, 1.54) is 128 Å². The molecule has 0 bridgehead atoms. The lowest BCUT2D eigenvalue weighted by Crippen LogP contribution is -2.30. The second-order valence-electron chi connectivity index (χ2n) is 20.5. The number of ether oxygens (including phenoxy) is 3. The Morgan fingerprint density at radius 1 is 0.280 bits per heavy atom. The summed E-state index contributed by atoms with van der Waals surface area (Å²) in [4.78, 5) is 38.2. The van der Waals surface area contributed by atoms with Gasteiger partial charge in [-0.1, -0.05) is 259 Å². The summed E-state index contributed by atoms with van der Waals surface area (Å²) in [5, 5.41) is 0. The van der Waals surface area contributed by atoms with Gasteiger partial charge in [0.15, 0.2) is 6.10 Å². The van der Waals surface area contributed by atoms with Crippen molar-refractivity contribution >= 4 is 17.9 Å². The number of esters is 3. The summed E-state index contributed by atoms with van der Waals surface area (Å²) in [5.74, 6) is -0.931. The van der Waals surface area contributed by atoms with E-state index in [0.717, 1.165) is 122 Å². The average molecular weight is 1040 g/mol. The molecule has 0 aromatic carbocycles. The molecule has 1 unspecified atom stereocenters. The molecule has 1 atom stereocenters. The predicted octanol–water partition coefficient (Wildman–Crippen LogP) is 21.4. The lowest BCUT2D eigenvalue weighted by molar-refractivity contribution is -0.167. The highest BCUT2D eigenvalue weighted by atomic mass is 16.6. The minimum atomic E-state index is -0.799. The van der Waals surface area contributed by atoms with Crippen molar-refractivity contribution in [2.75, 3.05) is 13.2 Å². The number of hydrogen-bond acceptors (Lipinski definition) is 6. The molecule has 75 heavy (non-hydrogen) atoms. The quantitative estimate of drug-likeness (QED) is 0.0261. The Kier molecular flexibility index (Phi) is 59.3. The third kappa shape index (κ3) is 60.8. The van der Waals surface area contributed by atoms with Crippen molar-refractivity contribution in [1.82, 2.24) is 0 Å². The highest BCUT2D eigenvalue weighted by Crippen LogP contribution is 2.16. The molecule has 6 heteroatoms. The van der Waals surface area contributed by atoms with Crippen LogP contribution in [-0.4, -0.2) is 37.2 Å². The molecule has 0 fully saturated rings. The fourth-order valence-corrected chi connectivity index (χ4v) is 8.60. The van der Waals surface area contributed by atoms with Gasteiger partial charge in [0.1, 0.15) is 13.2 Å². The van der Waals surface area contributed by atoms with Gasteiger partial charge in [-0.05, 0) is 122 Å². The van der Waals surface area contributed by atoms with Crippen molar-refractivity contribution in [3.05, 3.63) is 109 Å². The Balaban J connectivity index is 4.31. The molecule has 0 radical (unpaired) electrons. The molecular formula is C69H116O6. The standard InChI is InChI=1S/C69H116O6/c1-4-7-10-13-16-19-22-25-27-29-30-31-32-33-34-35-36-37-38-40-41-44-47-50-53-56-59-62-68(71)74-65-66(64-73-67(70)61-58-55-52-49-46-43-24-21-18-15-12-9-6-3)75-69(72)63-60-57-54-51-48-45-42-39-28-26-23-20-17-14-11-8-5-2/h8-9,11-12,17-18,20-22,25-26,28-30,32-33,43,46,66H,4-7,10,13-16,19,23-24,27,31,34-42,44-45,47-65H2,1-3H3/b11-8-,12-9-,20-17-,21-18-,25-22-,28-26-,30-29-,33-32-,46-43-. The smallest absolute Gasteiger partial charge is 0.306 e. The largest absolute Gasteiger partial charge is 0.462 e. The highest BCUT2D eigenvalue weighted by Gasteiger charge is 2.19. The monoisotopic (exact) mass is 1040 g/mol. The maximum Gasteiger partial charge on any atom is 0.306 e. The van der Waals surface area contributed by atoms with Gasteiger partial charge in [0.05, 0.1) is 0 Å². The van der Waals surface area contributed by atoms with Crippen LogP contribution in [-0.2, 0) is 28.6 Å². The Labute approximate surface area is 463 Å². The van der Waals surface area contributed by atoms with Gasteiger partial charge in [-0.25, -0.2) is 0 Å². The second kappa shape index (κ2) is 62.6. The van der Waals surface area contributed by atoms with Crippen molar-refractivity contribution in [3.63, 3.8) is 0 Å². The highest BCUT2D eigenvalue weighted by molar-refractivity contribution is 5.71. The summed E-state index contributed by atoms with van der Waals surface area (Å²) in [6, 6.07) is 0. The Hall–Kier alpha value is -3.93. The van der Waals surface area contributed by atoms with E-state index in [2.05, 4.69) is 130 Å². The van der Waals surface area contributed by atoms with Crippen molar-refractivity contribution < 1.29 is 28.6 Å². The van der Waals surface area contributed by atoms with Gasteiger partial charge in [0.2, 0.25) is 0 Å². The summed E-state index contributed by atoms with van der Waals surface area (Å²) in [6.45, 7) is 6.38. The van der Waals surface area contributed by atoms with E-state index in [1.807, 2.05) is 0 Å². The molecule has 0 amide bonds. The summed E-state index contributed by atoms with van der Waals surface area (Å²) in [6.07, 6.45) is 85.3. The maximum absolute atomic E-state index is 12.9. The van der Waals surface area contributed by atoms with Crippen LogP contribution >= 0.6 is 0 Å². The Morgan fingerprint density at radius 3 is 0.827 bits per heavy atom. The van der Waals surface area contributed by atoms with Crippen molar-refractivity contribution in [3.8, 4) is 0 Å². The van der Waals surface area contributed by atoms with Crippen LogP contribution in [0.5, 0.6) is 0 Å². The van der Waals surface area contributed by atoms with Crippen molar-refractivity contribution in [2.45, 2.75) is 297 Å². The van der Waals surface area contributed by atoms with E-state index in [-0.39, 0.29) is 31.1 Å². The molecule has 0 aromatic rings. The van der Waals surface area contributed by atoms with Gasteiger partial charge in [-0.2, -0.15) is 0 Å². The first-order valence-electron chi connectivity index (χ1n) is 31.4. The fraction of sp³-hybridized carbons (Fsp3) is 0.696. The molecule has 0 saturated carbocycles. The third-order valence-electron chi connectivity index (χ3n) is 13.2. The van der Waals surface area contributed by atoms with Crippen LogP contribution in [0.1, 0.15) is 290 Å². The number of hydrogen-bond donors (Lipinski definition) is 0. The average Bonchev–Trinajstić information content (AvgIpc) is 3.41. The zero-order chi connectivity index (χ0) is 54.3. The minimum absolute atomic E-state index is 0.0932. The molecule has 0 aliphatic heterocycles. The van der Waals surface area contributed by atoms with Crippen LogP contribution in [0.4, 0.5) is 0 Å². The number of carbonyl (C=O) groups excluding carboxylic acids is 3. The molecular weight excluding hydrogens is 925 g/mol. The van der Waals surface area contributed by atoms with E-state index < -0.39 is 6.10 Å². The minimum Gasteiger partial charge on any atom is -0.462 e. The van der Waals surface area contributed by atoms with E-state index in [4.69, 9.17) is 14.2 Å². The summed E-state index contributed by atoms with van der Waals surface area (Å²) >= 11 is 0. The first kappa shape index (κ1) is 71.1. The first-order valence-corrected chi connectivity index (χ1v) is 31.4. The zero-order valence-electron chi connectivity index (χ0n) is 49.0. The number of carbonyl (C=O) groups is 3.